The van der Waals surface area contributed by atoms with Crippen LogP contribution in [0.25, 0.3) is 0 Å². The Morgan fingerprint density at radius 2 is 2.17 bits per heavy atom. The molecule has 1 aromatic rings. The predicted molar refractivity (Wildman–Crippen MR) is 97.0 cm³/mol. The molecule has 0 radical (unpaired) electrons. The van der Waals surface area contributed by atoms with E-state index in [9.17, 15) is 4.39 Å². The Bertz CT molecular complexity index is 561. The SMILES string of the molecule is CCNC(=NCc1ccc(F)c(Cl)c1)NCC1(CCOC)CCC1. The zero-order valence-electron chi connectivity index (χ0n) is 14.5. The maximum absolute atomic E-state index is 13.2. The standard InChI is InChI=1S/C18H27ClFN3O/c1-3-21-17(22-12-14-5-6-16(20)15(19)11-14)23-13-18(7-4-8-18)9-10-24-2/h5-6,11H,3-4,7-10,12-13H2,1-2H3,(H2,21,22,23). The van der Waals surface area contributed by atoms with Gasteiger partial charge in [0.1, 0.15) is 5.82 Å². The van der Waals surface area contributed by atoms with Crippen molar-refractivity contribution in [1.29, 1.82) is 0 Å². The molecular formula is C18H27ClFN3O. The molecule has 0 spiro atoms. The fourth-order valence-electron chi connectivity index (χ4n) is 2.93. The van der Waals surface area contributed by atoms with Gasteiger partial charge in [0, 0.05) is 26.8 Å². The lowest BCUT2D eigenvalue weighted by Crippen LogP contribution is -2.46. The number of nitrogens with one attached hydrogen (secondary N) is 2. The van der Waals surface area contributed by atoms with Crippen LogP contribution in [0.3, 0.4) is 0 Å². The number of ether oxygens (including phenoxy) is 1. The van der Waals surface area contributed by atoms with E-state index in [4.69, 9.17) is 16.3 Å². The monoisotopic (exact) mass is 355 g/mol. The van der Waals surface area contributed by atoms with Crippen LogP contribution in [0.1, 0.15) is 38.2 Å². The van der Waals surface area contributed by atoms with Crippen LogP contribution in [0.4, 0.5) is 4.39 Å². The van der Waals surface area contributed by atoms with Gasteiger partial charge in [-0.2, -0.15) is 0 Å². The number of hydrogen-bond donors (Lipinski definition) is 2. The van der Waals surface area contributed by atoms with Crippen LogP contribution < -0.4 is 10.6 Å². The Labute approximate surface area is 148 Å². The quantitative estimate of drug-likeness (QED) is 0.551. The summed E-state index contributed by atoms with van der Waals surface area (Å²) in [5, 5.41) is 6.83. The normalized spacial score (nSPS) is 16.6. The van der Waals surface area contributed by atoms with Gasteiger partial charge in [-0.05, 0) is 49.3 Å². The van der Waals surface area contributed by atoms with Crippen molar-refractivity contribution in [3.05, 3.63) is 34.6 Å². The average molecular weight is 356 g/mol. The van der Waals surface area contributed by atoms with Crippen LogP contribution in [0.2, 0.25) is 5.02 Å². The molecule has 0 aliphatic heterocycles. The molecule has 4 nitrogen and oxygen atoms in total. The number of rotatable bonds is 8. The van der Waals surface area contributed by atoms with Crippen molar-refractivity contribution < 1.29 is 9.13 Å². The van der Waals surface area contributed by atoms with Crippen molar-refractivity contribution in [2.45, 2.75) is 39.2 Å². The molecule has 0 atom stereocenters. The van der Waals surface area contributed by atoms with Gasteiger partial charge in [0.25, 0.3) is 0 Å². The molecule has 1 aromatic carbocycles. The molecule has 0 amide bonds. The molecule has 1 aliphatic carbocycles. The lowest BCUT2D eigenvalue weighted by atomic mass is 9.67. The molecule has 0 heterocycles. The first-order valence-corrected chi connectivity index (χ1v) is 8.91. The van der Waals surface area contributed by atoms with Gasteiger partial charge in [-0.25, -0.2) is 9.38 Å². The Morgan fingerprint density at radius 1 is 1.38 bits per heavy atom. The maximum atomic E-state index is 13.2. The molecule has 0 bridgehead atoms. The second-order valence-electron chi connectivity index (χ2n) is 6.39. The number of nitrogens with zero attached hydrogens (tertiary/aromatic N) is 1. The van der Waals surface area contributed by atoms with Crippen LogP contribution in [0.5, 0.6) is 0 Å². The van der Waals surface area contributed by atoms with Crippen molar-refractivity contribution in [3.8, 4) is 0 Å². The minimum absolute atomic E-state index is 0.133. The minimum atomic E-state index is -0.403. The van der Waals surface area contributed by atoms with E-state index in [1.165, 1.54) is 25.3 Å². The van der Waals surface area contributed by atoms with Crippen molar-refractivity contribution in [1.82, 2.24) is 10.6 Å². The van der Waals surface area contributed by atoms with Crippen LogP contribution >= 0.6 is 11.6 Å². The third-order valence-electron chi connectivity index (χ3n) is 4.63. The summed E-state index contributed by atoms with van der Waals surface area (Å²) in [5.74, 6) is 0.376. The molecule has 0 aromatic heterocycles. The molecule has 0 unspecified atom stereocenters. The summed E-state index contributed by atoms with van der Waals surface area (Å²) in [6, 6.07) is 4.71. The van der Waals surface area contributed by atoms with Crippen molar-refractivity contribution in [3.63, 3.8) is 0 Å². The van der Waals surface area contributed by atoms with E-state index in [1.54, 1.807) is 19.2 Å². The van der Waals surface area contributed by atoms with E-state index < -0.39 is 5.82 Å². The minimum Gasteiger partial charge on any atom is -0.385 e. The van der Waals surface area contributed by atoms with Crippen LogP contribution in [0, 0.1) is 11.2 Å². The van der Waals surface area contributed by atoms with E-state index in [0.29, 0.717) is 12.0 Å². The van der Waals surface area contributed by atoms with Gasteiger partial charge < -0.3 is 15.4 Å². The average Bonchev–Trinajstić information content (AvgIpc) is 2.54. The second kappa shape index (κ2) is 9.23. The topological polar surface area (TPSA) is 45.7 Å². The summed E-state index contributed by atoms with van der Waals surface area (Å²) in [7, 11) is 1.75. The molecule has 2 rings (SSSR count). The van der Waals surface area contributed by atoms with E-state index in [-0.39, 0.29) is 5.02 Å². The van der Waals surface area contributed by atoms with E-state index in [2.05, 4.69) is 15.6 Å². The first kappa shape index (κ1) is 19.0. The smallest absolute Gasteiger partial charge is 0.191 e. The second-order valence-corrected chi connectivity index (χ2v) is 6.80. The summed E-state index contributed by atoms with van der Waals surface area (Å²) < 4.78 is 18.5. The van der Waals surface area contributed by atoms with Crippen LogP contribution in [0.15, 0.2) is 23.2 Å². The summed E-state index contributed by atoms with van der Waals surface area (Å²) in [5.41, 5.74) is 1.21. The van der Waals surface area contributed by atoms with Gasteiger partial charge in [-0.1, -0.05) is 24.1 Å². The number of methoxy groups -OCH3 is 1. The fraction of sp³-hybridized carbons (Fsp3) is 0.611. The predicted octanol–water partition coefficient (Wildman–Crippen LogP) is 3.74. The van der Waals surface area contributed by atoms with Gasteiger partial charge in [-0.15, -0.1) is 0 Å². The maximum Gasteiger partial charge on any atom is 0.191 e. The number of hydrogen-bond acceptors (Lipinski definition) is 2. The third-order valence-corrected chi connectivity index (χ3v) is 4.92. The largest absolute Gasteiger partial charge is 0.385 e. The Hall–Kier alpha value is -1.33. The molecule has 2 N–H and O–H groups in total. The fourth-order valence-corrected chi connectivity index (χ4v) is 3.13. The molecular weight excluding hydrogens is 329 g/mol. The molecule has 1 fully saturated rings. The highest BCUT2D eigenvalue weighted by Gasteiger charge is 2.36. The van der Waals surface area contributed by atoms with Crippen molar-refractivity contribution in [2.75, 3.05) is 26.8 Å². The van der Waals surface area contributed by atoms with Crippen molar-refractivity contribution >= 4 is 17.6 Å². The van der Waals surface area contributed by atoms with Gasteiger partial charge in [-0.3, -0.25) is 0 Å². The lowest BCUT2D eigenvalue weighted by molar-refractivity contribution is 0.0732. The molecule has 1 saturated carbocycles. The summed E-state index contributed by atoms with van der Waals surface area (Å²) in [4.78, 5) is 4.58. The van der Waals surface area contributed by atoms with E-state index in [1.807, 2.05) is 6.92 Å². The van der Waals surface area contributed by atoms with Crippen molar-refractivity contribution in [2.24, 2.45) is 10.4 Å². The number of aliphatic imine (C=N–C) groups is 1. The first-order valence-electron chi connectivity index (χ1n) is 8.53. The third kappa shape index (κ3) is 5.35. The zero-order chi connectivity index (χ0) is 17.4. The first-order chi connectivity index (χ1) is 11.6. The Morgan fingerprint density at radius 3 is 2.75 bits per heavy atom. The van der Waals surface area contributed by atoms with E-state index >= 15 is 0 Å². The van der Waals surface area contributed by atoms with Gasteiger partial charge in [0.15, 0.2) is 5.96 Å². The molecule has 6 heteroatoms. The van der Waals surface area contributed by atoms with Crippen LogP contribution in [-0.4, -0.2) is 32.8 Å². The van der Waals surface area contributed by atoms with Gasteiger partial charge >= 0.3 is 0 Å². The zero-order valence-corrected chi connectivity index (χ0v) is 15.3. The van der Waals surface area contributed by atoms with Crippen LogP contribution in [-0.2, 0) is 11.3 Å². The Kier molecular flexibility index (Phi) is 7.31. The summed E-state index contributed by atoms with van der Waals surface area (Å²) in [6.07, 6.45) is 4.82. The molecule has 24 heavy (non-hydrogen) atoms. The molecule has 0 saturated heterocycles. The highest BCUT2D eigenvalue weighted by molar-refractivity contribution is 6.30. The molecule has 1 aliphatic rings. The highest BCUT2D eigenvalue weighted by atomic mass is 35.5. The summed E-state index contributed by atoms with van der Waals surface area (Å²) >= 11 is 5.82. The number of halogens is 2. The van der Waals surface area contributed by atoms with Gasteiger partial charge in [0.05, 0.1) is 11.6 Å². The summed E-state index contributed by atoms with van der Waals surface area (Å²) in [6.45, 7) is 4.98. The Balaban J connectivity index is 1.93. The highest BCUT2D eigenvalue weighted by Crippen LogP contribution is 2.43. The van der Waals surface area contributed by atoms with E-state index in [0.717, 1.165) is 37.6 Å². The molecule has 134 valence electrons. The lowest BCUT2D eigenvalue weighted by Gasteiger charge is -2.42. The van der Waals surface area contributed by atoms with Gasteiger partial charge in [0.2, 0.25) is 0 Å². The number of benzene rings is 1. The number of guanidine groups is 1.